The molecule has 0 heterocycles. The summed E-state index contributed by atoms with van der Waals surface area (Å²) in [4.78, 5) is 0.286. The lowest BCUT2D eigenvalue weighted by atomic mass is 10.1. The average Bonchev–Trinajstić information content (AvgIpc) is 2.59. The van der Waals surface area contributed by atoms with E-state index in [-0.39, 0.29) is 17.5 Å². The maximum absolute atomic E-state index is 12.2. The van der Waals surface area contributed by atoms with Crippen LogP contribution in [0.3, 0.4) is 0 Å². The first-order chi connectivity index (χ1) is 11.4. The molecule has 0 aromatic heterocycles. The highest BCUT2D eigenvalue weighted by Gasteiger charge is 2.18. The van der Waals surface area contributed by atoms with Gasteiger partial charge < -0.3 is 10.4 Å². The monoisotopic (exact) mass is 348 g/mol. The van der Waals surface area contributed by atoms with E-state index in [9.17, 15) is 13.5 Å². The van der Waals surface area contributed by atoms with Gasteiger partial charge in [-0.1, -0.05) is 36.4 Å². The Morgan fingerprint density at radius 1 is 1.08 bits per heavy atom. The summed E-state index contributed by atoms with van der Waals surface area (Å²) >= 11 is 0. The first-order valence-electron chi connectivity index (χ1n) is 7.79. The lowest BCUT2D eigenvalue weighted by molar-refractivity contribution is 0.280. The zero-order chi connectivity index (χ0) is 17.7. The lowest BCUT2D eigenvalue weighted by Gasteiger charge is -2.18. The number of aliphatic hydroxyl groups excluding tert-OH is 1. The lowest BCUT2D eigenvalue weighted by Crippen LogP contribution is -2.23. The van der Waals surface area contributed by atoms with Crippen LogP contribution in [0.4, 0.5) is 0 Å². The van der Waals surface area contributed by atoms with Crippen molar-refractivity contribution in [1.82, 2.24) is 9.62 Å². The van der Waals surface area contributed by atoms with Crippen LogP contribution in [0.2, 0.25) is 0 Å². The maximum Gasteiger partial charge on any atom is 0.242 e. The molecule has 0 bridgehead atoms. The summed E-state index contributed by atoms with van der Waals surface area (Å²) in [5, 5.41) is 12.8. The molecule has 6 heteroatoms. The normalized spacial score (nSPS) is 13.2. The van der Waals surface area contributed by atoms with Gasteiger partial charge in [-0.15, -0.1) is 0 Å². The Bertz CT molecular complexity index is 788. The van der Waals surface area contributed by atoms with Crippen molar-refractivity contribution in [2.24, 2.45) is 0 Å². The molecule has 130 valence electrons. The topological polar surface area (TPSA) is 69.6 Å². The first kappa shape index (κ1) is 18.6. The van der Waals surface area contributed by atoms with E-state index in [1.165, 1.54) is 18.4 Å². The molecule has 5 nitrogen and oxygen atoms in total. The standard InChI is InChI=1S/C18H24N2O3S/c1-14(19-12-16-7-4-5-8-17(16)13-21)15-9-6-10-18(11-15)24(22,23)20(2)3/h4-11,14,19,21H,12-13H2,1-3H3. The Morgan fingerprint density at radius 3 is 2.38 bits per heavy atom. The molecule has 0 aliphatic carbocycles. The minimum Gasteiger partial charge on any atom is -0.392 e. The number of nitrogens with one attached hydrogen (secondary N) is 1. The average molecular weight is 348 g/mol. The minimum absolute atomic E-state index is 0.00278. The largest absolute Gasteiger partial charge is 0.392 e. The number of benzene rings is 2. The molecule has 0 spiro atoms. The van der Waals surface area contributed by atoms with Gasteiger partial charge >= 0.3 is 0 Å². The zero-order valence-electron chi connectivity index (χ0n) is 14.2. The summed E-state index contributed by atoms with van der Waals surface area (Å²) in [6.07, 6.45) is 0. The van der Waals surface area contributed by atoms with Crippen molar-refractivity contribution in [2.75, 3.05) is 14.1 Å². The summed E-state index contributed by atoms with van der Waals surface area (Å²) in [6.45, 7) is 2.59. The fraction of sp³-hybridized carbons (Fsp3) is 0.333. The Morgan fingerprint density at radius 2 is 1.75 bits per heavy atom. The van der Waals surface area contributed by atoms with Crippen LogP contribution in [-0.2, 0) is 23.2 Å². The van der Waals surface area contributed by atoms with Gasteiger partial charge in [0.15, 0.2) is 0 Å². The number of nitrogens with zero attached hydrogens (tertiary/aromatic N) is 1. The van der Waals surface area contributed by atoms with E-state index in [0.717, 1.165) is 16.7 Å². The Hall–Kier alpha value is -1.73. The van der Waals surface area contributed by atoms with Crippen LogP contribution in [0.15, 0.2) is 53.4 Å². The summed E-state index contributed by atoms with van der Waals surface area (Å²) in [6, 6.07) is 14.6. The predicted molar refractivity (Wildman–Crippen MR) is 94.9 cm³/mol. The van der Waals surface area contributed by atoms with Gasteiger partial charge in [-0.2, -0.15) is 0 Å². The third-order valence-electron chi connectivity index (χ3n) is 4.02. The van der Waals surface area contributed by atoms with Crippen LogP contribution < -0.4 is 5.32 Å². The molecule has 1 atom stereocenters. The fourth-order valence-corrected chi connectivity index (χ4v) is 3.38. The van der Waals surface area contributed by atoms with Gasteiger partial charge in [0.25, 0.3) is 0 Å². The first-order valence-corrected chi connectivity index (χ1v) is 9.23. The van der Waals surface area contributed by atoms with Gasteiger partial charge in [-0.25, -0.2) is 12.7 Å². The van der Waals surface area contributed by atoms with E-state index in [1.54, 1.807) is 18.2 Å². The Labute approximate surface area is 144 Å². The van der Waals surface area contributed by atoms with E-state index < -0.39 is 10.0 Å². The molecule has 1 unspecified atom stereocenters. The third-order valence-corrected chi connectivity index (χ3v) is 5.84. The second-order valence-corrected chi connectivity index (χ2v) is 8.04. The molecule has 2 rings (SSSR count). The summed E-state index contributed by atoms with van der Waals surface area (Å²) < 4.78 is 25.7. The van der Waals surface area contributed by atoms with Crippen LogP contribution in [0.5, 0.6) is 0 Å². The quantitative estimate of drug-likeness (QED) is 0.805. The Kier molecular flexibility index (Phi) is 6.12. The van der Waals surface area contributed by atoms with E-state index in [4.69, 9.17) is 0 Å². The van der Waals surface area contributed by atoms with E-state index in [0.29, 0.717) is 6.54 Å². The second kappa shape index (κ2) is 7.90. The summed E-state index contributed by atoms with van der Waals surface area (Å²) in [5.74, 6) is 0. The SMILES string of the molecule is CC(NCc1ccccc1CO)c1cccc(S(=O)(=O)N(C)C)c1. The fourth-order valence-electron chi connectivity index (χ4n) is 2.42. The third kappa shape index (κ3) is 4.21. The molecule has 2 aromatic carbocycles. The highest BCUT2D eigenvalue weighted by atomic mass is 32.2. The molecule has 24 heavy (non-hydrogen) atoms. The molecule has 0 aliphatic heterocycles. The van der Waals surface area contributed by atoms with E-state index >= 15 is 0 Å². The Balaban J connectivity index is 2.15. The second-order valence-electron chi connectivity index (χ2n) is 5.89. The van der Waals surface area contributed by atoms with Crippen molar-refractivity contribution in [3.63, 3.8) is 0 Å². The number of sulfonamides is 1. The number of rotatable bonds is 7. The van der Waals surface area contributed by atoms with Crippen molar-refractivity contribution < 1.29 is 13.5 Å². The van der Waals surface area contributed by atoms with Crippen LogP contribution >= 0.6 is 0 Å². The van der Waals surface area contributed by atoms with Crippen LogP contribution in [0, 0.1) is 0 Å². The molecule has 0 radical (unpaired) electrons. The molecule has 0 aliphatic rings. The molecule has 0 saturated carbocycles. The zero-order valence-corrected chi connectivity index (χ0v) is 15.0. The molecule has 0 saturated heterocycles. The minimum atomic E-state index is -3.44. The highest BCUT2D eigenvalue weighted by Crippen LogP contribution is 2.20. The molecular weight excluding hydrogens is 324 g/mol. The molecule has 0 amide bonds. The van der Waals surface area contributed by atoms with Crippen LogP contribution in [0.1, 0.15) is 29.7 Å². The number of hydrogen-bond acceptors (Lipinski definition) is 4. The molecular formula is C18H24N2O3S. The molecule has 2 N–H and O–H groups in total. The van der Waals surface area contributed by atoms with Gasteiger partial charge in [0.1, 0.15) is 0 Å². The number of aliphatic hydroxyl groups is 1. The van der Waals surface area contributed by atoms with Gasteiger partial charge in [0, 0.05) is 26.7 Å². The van der Waals surface area contributed by atoms with Crippen molar-refractivity contribution in [3.05, 3.63) is 65.2 Å². The van der Waals surface area contributed by atoms with E-state index in [1.807, 2.05) is 37.3 Å². The van der Waals surface area contributed by atoms with Gasteiger partial charge in [0.2, 0.25) is 10.0 Å². The summed E-state index contributed by atoms with van der Waals surface area (Å²) in [5.41, 5.74) is 2.82. The highest BCUT2D eigenvalue weighted by molar-refractivity contribution is 7.89. The predicted octanol–water partition coefficient (Wildman–Crippen LogP) is 2.28. The van der Waals surface area contributed by atoms with E-state index in [2.05, 4.69) is 5.32 Å². The van der Waals surface area contributed by atoms with Crippen LogP contribution in [-0.4, -0.2) is 31.9 Å². The maximum atomic E-state index is 12.2. The van der Waals surface area contributed by atoms with Crippen molar-refractivity contribution in [2.45, 2.75) is 31.0 Å². The van der Waals surface area contributed by atoms with Crippen LogP contribution in [0.25, 0.3) is 0 Å². The summed E-state index contributed by atoms with van der Waals surface area (Å²) in [7, 11) is -0.392. The van der Waals surface area contributed by atoms with Crippen molar-refractivity contribution in [1.29, 1.82) is 0 Å². The number of hydrogen-bond donors (Lipinski definition) is 2. The van der Waals surface area contributed by atoms with Gasteiger partial charge in [-0.3, -0.25) is 0 Å². The molecule has 2 aromatic rings. The van der Waals surface area contributed by atoms with Gasteiger partial charge in [0.05, 0.1) is 11.5 Å². The smallest absolute Gasteiger partial charge is 0.242 e. The molecule has 0 fully saturated rings. The van der Waals surface area contributed by atoms with Crippen molar-refractivity contribution in [3.8, 4) is 0 Å². The van der Waals surface area contributed by atoms with Gasteiger partial charge in [-0.05, 0) is 35.7 Å². The van der Waals surface area contributed by atoms with Crippen molar-refractivity contribution >= 4 is 10.0 Å².